The van der Waals surface area contributed by atoms with Gasteiger partial charge in [0.05, 0.1) is 17.3 Å². The molecular formula is C33H40O7S. The first kappa shape index (κ1) is 27.4. The van der Waals surface area contributed by atoms with Gasteiger partial charge in [0.15, 0.2) is 21.2 Å². The van der Waals surface area contributed by atoms with Gasteiger partial charge in [-0.2, -0.15) is 0 Å². The molecule has 2 aromatic rings. The summed E-state index contributed by atoms with van der Waals surface area (Å²) >= 11 is 0. The van der Waals surface area contributed by atoms with Crippen LogP contribution in [0.5, 0.6) is 5.75 Å². The third-order valence-electron chi connectivity index (χ3n) is 11.7. The van der Waals surface area contributed by atoms with E-state index in [1.165, 1.54) is 18.1 Å². The van der Waals surface area contributed by atoms with Crippen molar-refractivity contribution in [1.82, 2.24) is 0 Å². The fourth-order valence-electron chi connectivity index (χ4n) is 10.7. The summed E-state index contributed by atoms with van der Waals surface area (Å²) in [6.45, 7) is 9.36. The van der Waals surface area contributed by atoms with E-state index in [2.05, 4.69) is 19.1 Å². The Hall–Kier alpha value is -2.42. The predicted molar refractivity (Wildman–Crippen MR) is 152 cm³/mol. The lowest BCUT2D eigenvalue weighted by atomic mass is 9.47. The zero-order valence-electron chi connectivity index (χ0n) is 24.7. The summed E-state index contributed by atoms with van der Waals surface area (Å²) in [4.78, 5) is 13.2. The summed E-state index contributed by atoms with van der Waals surface area (Å²) in [6, 6.07) is 15.1. The first-order valence-corrected chi connectivity index (χ1v) is 16.4. The van der Waals surface area contributed by atoms with Crippen molar-refractivity contribution in [2.45, 2.75) is 106 Å². The highest BCUT2D eigenvalue weighted by Crippen LogP contribution is 2.84. The Kier molecular flexibility index (Phi) is 5.59. The Morgan fingerprint density at radius 3 is 2.44 bits per heavy atom. The Bertz CT molecular complexity index is 1540. The van der Waals surface area contributed by atoms with Gasteiger partial charge in [-0.1, -0.05) is 31.2 Å². The van der Waals surface area contributed by atoms with Crippen molar-refractivity contribution < 1.29 is 32.2 Å². The van der Waals surface area contributed by atoms with Crippen LogP contribution in [-0.2, 0) is 35.3 Å². The Labute approximate surface area is 242 Å². The lowest BCUT2D eigenvalue weighted by molar-refractivity contribution is -0.253. The second kappa shape index (κ2) is 8.35. The van der Waals surface area contributed by atoms with Crippen LogP contribution in [0.1, 0.15) is 77.3 Å². The molecule has 220 valence electrons. The number of hydrogen-bond donors (Lipinski definition) is 0. The van der Waals surface area contributed by atoms with Gasteiger partial charge in [0.2, 0.25) is 0 Å². The Balaban J connectivity index is 1.51. The van der Waals surface area contributed by atoms with Gasteiger partial charge in [-0.05, 0) is 93.7 Å². The van der Waals surface area contributed by atoms with Crippen LogP contribution in [0.4, 0.5) is 0 Å². The van der Waals surface area contributed by atoms with E-state index in [1.54, 1.807) is 31.4 Å². The molecule has 0 radical (unpaired) electrons. The summed E-state index contributed by atoms with van der Waals surface area (Å²) in [5.41, 5.74) is -1.16. The minimum Gasteiger partial charge on any atom is -0.497 e. The maximum absolute atomic E-state index is 14.8. The number of sulfone groups is 1. The minimum absolute atomic E-state index is 0.00705. The number of carbonyl (C=O) groups excluding carboxylic acids is 1. The highest BCUT2D eigenvalue weighted by Gasteiger charge is 2.94. The summed E-state index contributed by atoms with van der Waals surface area (Å²) in [5.74, 6) is -0.405. The molecule has 0 aromatic heterocycles. The molecule has 41 heavy (non-hydrogen) atoms. The number of esters is 1. The minimum atomic E-state index is -3.85. The normalized spacial score (nSPS) is 41.6. The molecule has 2 aromatic carbocycles. The van der Waals surface area contributed by atoms with Crippen molar-refractivity contribution in [2.75, 3.05) is 7.11 Å². The quantitative estimate of drug-likeness (QED) is 0.435. The fourth-order valence-corrected chi connectivity index (χ4v) is 13.1. The molecular weight excluding hydrogens is 540 g/mol. The van der Waals surface area contributed by atoms with Crippen molar-refractivity contribution in [3.05, 3.63) is 59.7 Å². The van der Waals surface area contributed by atoms with Crippen LogP contribution in [0, 0.1) is 16.7 Å². The average Bonchev–Trinajstić information content (AvgIpc) is 3.38. The van der Waals surface area contributed by atoms with E-state index in [9.17, 15) is 13.2 Å². The predicted octanol–water partition coefficient (Wildman–Crippen LogP) is 5.60. The van der Waals surface area contributed by atoms with Gasteiger partial charge in [0, 0.05) is 24.2 Å². The van der Waals surface area contributed by atoms with Gasteiger partial charge in [-0.15, -0.1) is 0 Å². The van der Waals surface area contributed by atoms with E-state index in [0.29, 0.717) is 11.3 Å². The summed E-state index contributed by atoms with van der Waals surface area (Å²) in [5, 5.41) is -0.801. The molecule has 1 heterocycles. The number of benzene rings is 2. The average molecular weight is 581 g/mol. The Morgan fingerprint density at radius 2 is 1.76 bits per heavy atom. The van der Waals surface area contributed by atoms with Gasteiger partial charge in [-0.25, -0.2) is 8.42 Å². The van der Waals surface area contributed by atoms with Crippen LogP contribution in [-0.4, -0.2) is 49.8 Å². The lowest BCUT2D eigenvalue weighted by Gasteiger charge is -2.59. The number of methoxy groups -OCH3 is 1. The number of fused-ring (bicyclic) bond motifs is 5. The van der Waals surface area contributed by atoms with Crippen molar-refractivity contribution in [2.24, 2.45) is 16.7 Å². The molecule has 2 bridgehead atoms. The smallest absolute Gasteiger partial charge is 0.303 e. The highest BCUT2D eigenvalue weighted by molar-refractivity contribution is 7.92. The molecule has 0 amide bonds. The lowest BCUT2D eigenvalue weighted by Crippen LogP contribution is -2.63. The molecule has 4 fully saturated rings. The van der Waals surface area contributed by atoms with Gasteiger partial charge in [0.25, 0.3) is 0 Å². The number of carbonyl (C=O) groups is 1. The molecule has 5 aliphatic rings. The van der Waals surface area contributed by atoms with Crippen molar-refractivity contribution in [3.8, 4) is 5.75 Å². The number of ether oxygens (including phenoxy) is 4. The van der Waals surface area contributed by atoms with Crippen LogP contribution in [0.15, 0.2) is 53.4 Å². The van der Waals surface area contributed by atoms with Gasteiger partial charge in [-0.3, -0.25) is 4.79 Å². The highest BCUT2D eigenvalue weighted by atomic mass is 32.2. The molecule has 0 N–H and O–H groups in total. The molecule has 8 atom stereocenters. The maximum atomic E-state index is 14.8. The van der Waals surface area contributed by atoms with Gasteiger partial charge >= 0.3 is 5.97 Å². The van der Waals surface area contributed by atoms with Crippen LogP contribution in [0.2, 0.25) is 0 Å². The Morgan fingerprint density at radius 1 is 1.02 bits per heavy atom. The van der Waals surface area contributed by atoms with E-state index in [-0.39, 0.29) is 18.3 Å². The van der Waals surface area contributed by atoms with E-state index >= 15 is 0 Å². The van der Waals surface area contributed by atoms with Gasteiger partial charge < -0.3 is 18.9 Å². The third kappa shape index (κ3) is 3.12. The molecule has 7 nitrogen and oxygen atoms in total. The van der Waals surface area contributed by atoms with Crippen molar-refractivity contribution >= 4 is 15.8 Å². The van der Waals surface area contributed by atoms with Crippen LogP contribution >= 0.6 is 0 Å². The number of hydrogen-bond acceptors (Lipinski definition) is 7. The number of rotatable bonds is 4. The van der Waals surface area contributed by atoms with Gasteiger partial charge in [0.1, 0.15) is 17.5 Å². The molecule has 0 unspecified atom stereocenters. The van der Waals surface area contributed by atoms with E-state index in [0.717, 1.165) is 25.0 Å². The first-order valence-electron chi connectivity index (χ1n) is 14.8. The zero-order chi connectivity index (χ0) is 29.2. The van der Waals surface area contributed by atoms with Crippen LogP contribution in [0.25, 0.3) is 0 Å². The first-order chi connectivity index (χ1) is 19.3. The molecule has 1 saturated heterocycles. The van der Waals surface area contributed by atoms with E-state index in [4.69, 9.17) is 18.9 Å². The monoisotopic (exact) mass is 580 g/mol. The number of aryl methyl sites for hydroxylation is 1. The van der Waals surface area contributed by atoms with Crippen LogP contribution in [0.3, 0.4) is 0 Å². The fraction of sp³-hybridized carbons (Fsp3) is 0.606. The molecule has 3 saturated carbocycles. The second-order valence-electron chi connectivity index (χ2n) is 13.7. The summed E-state index contributed by atoms with van der Waals surface area (Å²) in [7, 11) is -2.17. The van der Waals surface area contributed by atoms with Crippen molar-refractivity contribution in [1.29, 1.82) is 0 Å². The van der Waals surface area contributed by atoms with Crippen molar-refractivity contribution in [3.63, 3.8) is 0 Å². The van der Waals surface area contributed by atoms with E-state index < -0.39 is 55.0 Å². The van der Waals surface area contributed by atoms with E-state index in [1.807, 2.05) is 32.9 Å². The zero-order valence-corrected chi connectivity index (χ0v) is 25.5. The second-order valence-corrected chi connectivity index (χ2v) is 15.8. The van der Waals surface area contributed by atoms with Crippen LogP contribution < -0.4 is 4.74 Å². The third-order valence-corrected chi connectivity index (χ3v) is 14.0. The SMILES string of the molecule is COc1ccc2c(c1)CC[C@@H]1[C@@H]2CC[C@@]2(C)[C@@]13[C@H](S(=O)(=O)c1ccccc1)C[C@]2(OC(C)=O)[C@@]1(C)OC(C)(C)O[C@@H]31. The topological polar surface area (TPSA) is 88.1 Å². The summed E-state index contributed by atoms with van der Waals surface area (Å²) in [6.07, 6.45) is 2.82. The molecule has 0 spiro atoms. The molecule has 7 rings (SSSR count). The molecule has 8 heteroatoms. The maximum Gasteiger partial charge on any atom is 0.303 e. The largest absolute Gasteiger partial charge is 0.497 e. The molecule has 4 aliphatic carbocycles. The summed E-state index contributed by atoms with van der Waals surface area (Å²) < 4.78 is 55.4. The standard InChI is InChI=1S/C33H40O7S/c1-20(34)38-32-19-27(41(35,36)23-10-8-7-9-11-23)33(28-31(32,5)40-29(2,3)39-28)26-15-12-21-18-22(37-6)13-14-24(21)25(26)16-17-30(32,33)4/h7-11,13-14,18,25-28H,12,15-17,19H2,1-6H3/t25-,26-,27-,28-,30-,31+,32-,33-/m1/s1. The molecule has 1 aliphatic heterocycles.